The molecule has 0 atom stereocenters. The summed E-state index contributed by atoms with van der Waals surface area (Å²) in [5, 5.41) is 7.36. The second-order valence-corrected chi connectivity index (χ2v) is 6.46. The molecule has 1 aliphatic rings. The number of hydrogen-bond donors (Lipinski definition) is 1. The Morgan fingerprint density at radius 1 is 1.23 bits per heavy atom. The van der Waals surface area contributed by atoms with Crippen molar-refractivity contribution >= 4 is 23.2 Å². The molecule has 1 N–H and O–H groups in total. The van der Waals surface area contributed by atoms with E-state index in [1.807, 2.05) is 0 Å². The minimum absolute atomic E-state index is 0.175. The Labute approximate surface area is 155 Å². The lowest BCUT2D eigenvalue weighted by atomic mass is 10.2. The Balaban J connectivity index is 1.78. The summed E-state index contributed by atoms with van der Waals surface area (Å²) in [6.07, 6.45) is 3.80. The topological polar surface area (TPSA) is 87.4 Å². The van der Waals surface area contributed by atoms with Crippen LogP contribution in [0.1, 0.15) is 25.1 Å². The fourth-order valence-corrected chi connectivity index (χ4v) is 3.25. The number of carbonyl (C=O) groups excluding carboxylic acids is 1. The van der Waals surface area contributed by atoms with Gasteiger partial charge in [0.2, 0.25) is 5.91 Å². The van der Waals surface area contributed by atoms with E-state index in [2.05, 4.69) is 10.4 Å². The Bertz CT molecular complexity index is 874. The number of methoxy groups -OCH3 is 2. The van der Waals surface area contributed by atoms with Crippen molar-refractivity contribution < 1.29 is 14.3 Å². The van der Waals surface area contributed by atoms with Gasteiger partial charge in [-0.15, -0.1) is 0 Å². The van der Waals surface area contributed by atoms with E-state index in [0.717, 1.165) is 31.5 Å². The molecule has 2 aromatic rings. The van der Waals surface area contributed by atoms with Gasteiger partial charge in [-0.2, -0.15) is 5.10 Å². The Hall–Kier alpha value is -2.48. The number of aryl methyl sites for hydroxylation is 1. The number of benzene rings is 1. The van der Waals surface area contributed by atoms with Gasteiger partial charge in [0.1, 0.15) is 23.9 Å². The number of nitrogens with one attached hydrogen (secondary N) is 1. The van der Waals surface area contributed by atoms with Gasteiger partial charge in [0.05, 0.1) is 24.9 Å². The van der Waals surface area contributed by atoms with E-state index in [9.17, 15) is 9.59 Å². The quantitative estimate of drug-likeness (QED) is 0.858. The van der Waals surface area contributed by atoms with E-state index in [1.165, 1.54) is 18.9 Å². The van der Waals surface area contributed by atoms with Crippen molar-refractivity contribution in [3.05, 3.63) is 33.5 Å². The van der Waals surface area contributed by atoms with E-state index in [-0.39, 0.29) is 18.1 Å². The van der Waals surface area contributed by atoms with Crippen molar-refractivity contribution in [3.63, 3.8) is 0 Å². The summed E-state index contributed by atoms with van der Waals surface area (Å²) in [6.45, 7) is 0.476. The van der Waals surface area contributed by atoms with Crippen LogP contribution in [0.15, 0.2) is 16.9 Å². The summed E-state index contributed by atoms with van der Waals surface area (Å²) in [5.74, 6) is 1.20. The van der Waals surface area contributed by atoms with Gasteiger partial charge in [0.15, 0.2) is 0 Å². The minimum atomic E-state index is -0.389. The highest BCUT2D eigenvalue weighted by Gasteiger charge is 2.18. The highest BCUT2D eigenvalue weighted by molar-refractivity contribution is 6.32. The highest BCUT2D eigenvalue weighted by atomic mass is 35.5. The standard InChI is InChI=1S/C17H21ClN4O4/c1-25-13-9-14(26-2)12(8-11(13)18)19-16(23)10-22-17(24)21-7-5-3-4-6-15(21)20-22/h8-9H,3-7,10H2,1-2H3,(H,19,23). The number of hydrogen-bond acceptors (Lipinski definition) is 5. The normalized spacial score (nSPS) is 13.7. The van der Waals surface area contributed by atoms with Crippen molar-refractivity contribution in [2.45, 2.75) is 38.8 Å². The van der Waals surface area contributed by atoms with Gasteiger partial charge in [0, 0.05) is 19.0 Å². The molecule has 2 heterocycles. The number of fused-ring (bicyclic) bond motifs is 1. The maximum atomic E-state index is 12.4. The van der Waals surface area contributed by atoms with Crippen molar-refractivity contribution in [3.8, 4) is 11.5 Å². The van der Waals surface area contributed by atoms with Crippen LogP contribution in [0.25, 0.3) is 0 Å². The maximum Gasteiger partial charge on any atom is 0.346 e. The molecule has 1 aromatic heterocycles. The number of ether oxygens (including phenoxy) is 2. The monoisotopic (exact) mass is 380 g/mol. The summed E-state index contributed by atoms with van der Waals surface area (Å²) in [4.78, 5) is 24.8. The van der Waals surface area contributed by atoms with Crippen LogP contribution in [0, 0.1) is 0 Å². The summed E-state index contributed by atoms with van der Waals surface area (Å²) in [6, 6.07) is 3.13. The number of nitrogens with zero attached hydrogens (tertiary/aromatic N) is 3. The van der Waals surface area contributed by atoms with Gasteiger partial charge in [-0.1, -0.05) is 18.0 Å². The second kappa shape index (κ2) is 7.82. The molecule has 0 spiro atoms. The van der Waals surface area contributed by atoms with Crippen molar-refractivity contribution in [1.82, 2.24) is 14.3 Å². The van der Waals surface area contributed by atoms with Crippen LogP contribution in [0.3, 0.4) is 0 Å². The zero-order chi connectivity index (χ0) is 18.7. The van der Waals surface area contributed by atoms with Crippen LogP contribution in [0.4, 0.5) is 5.69 Å². The van der Waals surface area contributed by atoms with E-state index >= 15 is 0 Å². The van der Waals surface area contributed by atoms with Gasteiger partial charge >= 0.3 is 5.69 Å². The fraction of sp³-hybridized carbons (Fsp3) is 0.471. The molecule has 8 nitrogen and oxygen atoms in total. The van der Waals surface area contributed by atoms with Gasteiger partial charge in [0.25, 0.3) is 0 Å². The third kappa shape index (κ3) is 3.70. The van der Waals surface area contributed by atoms with Crippen LogP contribution in [-0.2, 0) is 24.3 Å². The molecule has 0 fully saturated rings. The van der Waals surface area contributed by atoms with Crippen LogP contribution in [-0.4, -0.2) is 34.5 Å². The van der Waals surface area contributed by atoms with Crippen molar-refractivity contribution in [2.24, 2.45) is 0 Å². The number of rotatable bonds is 5. The van der Waals surface area contributed by atoms with Crippen LogP contribution in [0.2, 0.25) is 5.02 Å². The third-order valence-electron chi connectivity index (χ3n) is 4.32. The van der Waals surface area contributed by atoms with Gasteiger partial charge < -0.3 is 14.8 Å². The molecule has 0 unspecified atom stereocenters. The lowest BCUT2D eigenvalue weighted by Gasteiger charge is -2.13. The molecule has 0 saturated carbocycles. The zero-order valence-electron chi connectivity index (χ0n) is 14.7. The fourth-order valence-electron chi connectivity index (χ4n) is 3.01. The van der Waals surface area contributed by atoms with Gasteiger partial charge in [-0.05, 0) is 18.9 Å². The predicted molar refractivity (Wildman–Crippen MR) is 97.2 cm³/mol. The molecule has 9 heteroatoms. The predicted octanol–water partition coefficient (Wildman–Crippen LogP) is 2.08. The minimum Gasteiger partial charge on any atom is -0.495 e. The first-order chi connectivity index (χ1) is 12.5. The summed E-state index contributed by atoms with van der Waals surface area (Å²) >= 11 is 6.11. The molecule has 1 amide bonds. The first kappa shape index (κ1) is 18.3. The Morgan fingerprint density at radius 3 is 2.73 bits per heavy atom. The average molecular weight is 381 g/mol. The molecule has 3 rings (SSSR count). The van der Waals surface area contributed by atoms with E-state index in [0.29, 0.717) is 28.8 Å². The summed E-state index contributed by atoms with van der Waals surface area (Å²) < 4.78 is 13.2. The van der Waals surface area contributed by atoms with E-state index < -0.39 is 0 Å². The zero-order valence-corrected chi connectivity index (χ0v) is 15.5. The molecule has 140 valence electrons. The number of anilines is 1. The van der Waals surface area contributed by atoms with Gasteiger partial charge in [-0.25, -0.2) is 9.48 Å². The lowest BCUT2D eigenvalue weighted by molar-refractivity contribution is -0.117. The molecular formula is C17H21ClN4O4. The van der Waals surface area contributed by atoms with Crippen molar-refractivity contribution in [2.75, 3.05) is 19.5 Å². The molecule has 0 radical (unpaired) electrons. The smallest absolute Gasteiger partial charge is 0.346 e. The molecule has 0 aliphatic carbocycles. The van der Waals surface area contributed by atoms with Crippen LogP contribution in [0.5, 0.6) is 11.5 Å². The highest BCUT2D eigenvalue weighted by Crippen LogP contribution is 2.35. The third-order valence-corrected chi connectivity index (χ3v) is 4.62. The molecule has 26 heavy (non-hydrogen) atoms. The molecular weight excluding hydrogens is 360 g/mol. The second-order valence-electron chi connectivity index (χ2n) is 6.05. The first-order valence-corrected chi connectivity index (χ1v) is 8.79. The largest absolute Gasteiger partial charge is 0.495 e. The van der Waals surface area contributed by atoms with Crippen LogP contribution >= 0.6 is 11.6 Å². The number of halogens is 1. The Morgan fingerprint density at radius 2 is 2.00 bits per heavy atom. The molecule has 1 aromatic carbocycles. The summed E-state index contributed by atoms with van der Waals surface area (Å²) in [5.41, 5.74) is 0.147. The Kier molecular flexibility index (Phi) is 5.51. The number of amides is 1. The van der Waals surface area contributed by atoms with E-state index in [4.69, 9.17) is 21.1 Å². The van der Waals surface area contributed by atoms with Crippen LogP contribution < -0.4 is 20.5 Å². The summed E-state index contributed by atoms with van der Waals surface area (Å²) in [7, 11) is 2.98. The lowest BCUT2D eigenvalue weighted by Crippen LogP contribution is -2.30. The average Bonchev–Trinajstić information content (AvgIpc) is 2.78. The SMILES string of the molecule is COc1cc(OC)c(NC(=O)Cn2nc3n(c2=O)CCCCC3)cc1Cl. The van der Waals surface area contributed by atoms with Crippen molar-refractivity contribution in [1.29, 1.82) is 0 Å². The first-order valence-electron chi connectivity index (χ1n) is 8.41. The van der Waals surface area contributed by atoms with Gasteiger partial charge in [-0.3, -0.25) is 9.36 Å². The molecule has 0 bridgehead atoms. The number of aromatic nitrogens is 3. The maximum absolute atomic E-state index is 12.4. The molecule has 0 saturated heterocycles. The van der Waals surface area contributed by atoms with E-state index in [1.54, 1.807) is 16.7 Å². The number of carbonyl (C=O) groups is 1. The molecule has 1 aliphatic heterocycles.